The van der Waals surface area contributed by atoms with Gasteiger partial charge in [0, 0.05) is 44.0 Å². The molecule has 184 valence electrons. The first-order valence-corrected chi connectivity index (χ1v) is 11.1. The van der Waals surface area contributed by atoms with E-state index in [1.165, 1.54) is 25.4 Å². The predicted molar refractivity (Wildman–Crippen MR) is 126 cm³/mol. The van der Waals surface area contributed by atoms with Crippen LogP contribution in [0.25, 0.3) is 6.08 Å². The summed E-state index contributed by atoms with van der Waals surface area (Å²) in [4.78, 5) is 18.3. The van der Waals surface area contributed by atoms with Gasteiger partial charge in [0.05, 0.1) is 18.5 Å². The van der Waals surface area contributed by atoms with Crippen molar-refractivity contribution in [3.8, 4) is 0 Å². The normalized spacial score (nSPS) is 15.9. The average Bonchev–Trinajstić information content (AvgIpc) is 2.83. The average molecular weight is 478 g/mol. The van der Waals surface area contributed by atoms with Crippen molar-refractivity contribution in [3.05, 3.63) is 76.2 Å². The van der Waals surface area contributed by atoms with Crippen LogP contribution in [-0.2, 0) is 24.0 Å². The number of methoxy groups -OCH3 is 1. The molecule has 0 aromatic carbocycles. The van der Waals surface area contributed by atoms with Gasteiger partial charge in [0.15, 0.2) is 0 Å². The third-order valence-corrected chi connectivity index (χ3v) is 5.91. The van der Waals surface area contributed by atoms with Crippen molar-refractivity contribution in [1.29, 1.82) is 0 Å². The fourth-order valence-electron chi connectivity index (χ4n) is 3.90. The summed E-state index contributed by atoms with van der Waals surface area (Å²) < 4.78 is 44.8. The van der Waals surface area contributed by atoms with Gasteiger partial charge in [-0.15, -0.1) is 0 Å². The number of nitrogen functional groups attached to an aromatic ring is 1. The monoisotopic (exact) mass is 477 g/mol. The number of hydrogen-bond donors (Lipinski definition) is 2. The molecular weight excluding hydrogens is 447 g/mol. The lowest BCUT2D eigenvalue weighted by molar-refractivity contribution is -0.141. The van der Waals surface area contributed by atoms with Crippen molar-refractivity contribution in [1.82, 2.24) is 19.8 Å². The molecule has 2 aromatic heterocycles. The number of halogens is 3. The number of piperidine rings is 1. The lowest BCUT2D eigenvalue weighted by Gasteiger charge is -2.32. The topological polar surface area (TPSA) is 85.4 Å². The number of allylic oxidation sites excluding steroid dienone is 1. The van der Waals surface area contributed by atoms with Crippen LogP contribution in [0, 0.1) is 0 Å². The molecule has 0 saturated carbocycles. The maximum Gasteiger partial charge on any atom is 0.433 e. The Bertz CT molecular complexity index is 1060. The van der Waals surface area contributed by atoms with Gasteiger partial charge in [-0.1, -0.05) is 12.6 Å². The zero-order valence-corrected chi connectivity index (χ0v) is 19.1. The standard InChI is InChI=1S/C24H30F3N5O2/c1-3-19(34-2)14-21-20(28)5-7-23(33)32(21)13-12-31-10-8-18(9-11-31)29-15-17-4-6-22(30-16-17)24(25,26)27/h3-7,14,16,18,29H,1,8-13,15,28H2,2H3/b19-14+. The maximum absolute atomic E-state index is 12.6. The Morgan fingerprint density at radius 2 is 2.00 bits per heavy atom. The second-order valence-corrected chi connectivity index (χ2v) is 8.17. The maximum atomic E-state index is 12.6. The molecule has 1 fully saturated rings. The smallest absolute Gasteiger partial charge is 0.433 e. The van der Waals surface area contributed by atoms with Gasteiger partial charge in [-0.05, 0) is 49.7 Å². The fourth-order valence-corrected chi connectivity index (χ4v) is 3.90. The van der Waals surface area contributed by atoms with Crippen LogP contribution in [0.1, 0.15) is 29.8 Å². The van der Waals surface area contributed by atoms with E-state index in [1.54, 1.807) is 22.8 Å². The summed E-state index contributed by atoms with van der Waals surface area (Å²) >= 11 is 0. The van der Waals surface area contributed by atoms with Gasteiger partial charge >= 0.3 is 6.18 Å². The highest BCUT2D eigenvalue weighted by molar-refractivity contribution is 5.63. The summed E-state index contributed by atoms with van der Waals surface area (Å²) in [7, 11) is 1.53. The number of likely N-dealkylation sites (tertiary alicyclic amines) is 1. The van der Waals surface area contributed by atoms with Crippen LogP contribution in [-0.4, -0.2) is 47.2 Å². The van der Waals surface area contributed by atoms with Crippen LogP contribution in [0.4, 0.5) is 18.9 Å². The number of pyridine rings is 2. The fraction of sp³-hybridized carbons (Fsp3) is 0.417. The van der Waals surface area contributed by atoms with Gasteiger partial charge < -0.3 is 25.3 Å². The summed E-state index contributed by atoms with van der Waals surface area (Å²) in [6, 6.07) is 5.77. The van der Waals surface area contributed by atoms with Gasteiger partial charge in [-0.3, -0.25) is 9.78 Å². The number of nitrogens with two attached hydrogens (primary N) is 1. The molecule has 3 heterocycles. The highest BCUT2D eigenvalue weighted by Gasteiger charge is 2.32. The van der Waals surface area contributed by atoms with Gasteiger partial charge in [-0.25, -0.2) is 0 Å². The molecule has 3 N–H and O–H groups in total. The lowest BCUT2D eigenvalue weighted by atomic mass is 10.0. The molecule has 1 aliphatic rings. The molecule has 2 aromatic rings. The van der Waals surface area contributed by atoms with E-state index in [0.717, 1.165) is 32.0 Å². The Morgan fingerprint density at radius 1 is 1.26 bits per heavy atom. The Morgan fingerprint density at radius 3 is 2.59 bits per heavy atom. The highest BCUT2D eigenvalue weighted by Crippen LogP contribution is 2.27. The molecule has 0 radical (unpaired) electrons. The van der Waals surface area contributed by atoms with Crippen LogP contribution < -0.4 is 16.6 Å². The van der Waals surface area contributed by atoms with Crippen molar-refractivity contribution >= 4 is 11.8 Å². The summed E-state index contributed by atoms with van der Waals surface area (Å²) in [6.45, 7) is 7.04. The molecule has 1 saturated heterocycles. The molecule has 0 aliphatic carbocycles. The number of rotatable bonds is 9. The van der Waals surface area contributed by atoms with Gasteiger partial charge in [0.1, 0.15) is 11.5 Å². The molecule has 7 nitrogen and oxygen atoms in total. The minimum atomic E-state index is -4.43. The highest BCUT2D eigenvalue weighted by atomic mass is 19.4. The van der Waals surface area contributed by atoms with Gasteiger partial charge in [0.2, 0.25) is 0 Å². The van der Waals surface area contributed by atoms with Crippen LogP contribution in [0.15, 0.2) is 53.7 Å². The molecular formula is C24H30F3N5O2. The molecule has 0 bridgehead atoms. The molecule has 0 atom stereocenters. The quantitative estimate of drug-likeness (QED) is 0.426. The number of ether oxygens (including phenoxy) is 1. The molecule has 1 aliphatic heterocycles. The Labute approximate surface area is 196 Å². The van der Waals surface area contributed by atoms with E-state index >= 15 is 0 Å². The number of nitrogens with one attached hydrogen (secondary N) is 1. The summed E-state index contributed by atoms with van der Waals surface area (Å²) in [5.41, 5.74) is 6.87. The predicted octanol–water partition coefficient (Wildman–Crippen LogP) is 3.27. The molecule has 10 heteroatoms. The number of aromatic nitrogens is 2. The molecule has 0 spiro atoms. The lowest BCUT2D eigenvalue weighted by Crippen LogP contribution is -2.43. The number of hydrogen-bond acceptors (Lipinski definition) is 6. The van der Waals surface area contributed by atoms with Crippen molar-refractivity contribution in [2.45, 2.75) is 38.1 Å². The third-order valence-electron chi connectivity index (χ3n) is 5.91. The largest absolute Gasteiger partial charge is 0.497 e. The van der Waals surface area contributed by atoms with Crippen molar-refractivity contribution in [2.24, 2.45) is 0 Å². The molecule has 34 heavy (non-hydrogen) atoms. The Hall–Kier alpha value is -3.11. The summed E-state index contributed by atoms with van der Waals surface area (Å²) in [6.07, 6.45) is 1.90. The summed E-state index contributed by atoms with van der Waals surface area (Å²) in [5, 5.41) is 3.40. The van der Waals surface area contributed by atoms with E-state index in [1.807, 2.05) is 0 Å². The van der Waals surface area contributed by atoms with Crippen molar-refractivity contribution in [3.63, 3.8) is 0 Å². The van der Waals surface area contributed by atoms with Crippen LogP contribution in [0.3, 0.4) is 0 Å². The number of nitrogens with zero attached hydrogens (tertiary/aromatic N) is 3. The zero-order valence-electron chi connectivity index (χ0n) is 19.1. The second-order valence-electron chi connectivity index (χ2n) is 8.17. The minimum absolute atomic E-state index is 0.137. The summed E-state index contributed by atoms with van der Waals surface area (Å²) in [5.74, 6) is 0.515. The first-order valence-electron chi connectivity index (χ1n) is 11.1. The molecule has 3 rings (SSSR count). The first-order chi connectivity index (χ1) is 16.2. The van der Waals surface area contributed by atoms with Crippen molar-refractivity contribution < 1.29 is 17.9 Å². The Kier molecular flexibility index (Phi) is 8.51. The van der Waals surface area contributed by atoms with Crippen LogP contribution >= 0.6 is 0 Å². The zero-order chi connectivity index (χ0) is 24.7. The van der Waals surface area contributed by atoms with Gasteiger partial charge in [-0.2, -0.15) is 13.2 Å². The Balaban J connectivity index is 1.52. The van der Waals surface area contributed by atoms with E-state index in [2.05, 4.69) is 21.8 Å². The van der Waals surface area contributed by atoms with E-state index < -0.39 is 11.9 Å². The van der Waals surface area contributed by atoms with E-state index in [-0.39, 0.29) is 11.6 Å². The third kappa shape index (κ3) is 6.71. The van der Waals surface area contributed by atoms with Gasteiger partial charge in [0.25, 0.3) is 5.56 Å². The van der Waals surface area contributed by atoms with E-state index in [0.29, 0.717) is 42.3 Å². The number of anilines is 1. The van der Waals surface area contributed by atoms with Crippen LogP contribution in [0.2, 0.25) is 0 Å². The van der Waals surface area contributed by atoms with E-state index in [4.69, 9.17) is 10.5 Å². The SMILES string of the molecule is C=C/C(=C\c1c(N)ccc(=O)n1CCN1CCC(NCc2ccc(C(F)(F)F)nc2)CC1)OC. The minimum Gasteiger partial charge on any atom is -0.497 e. The van der Waals surface area contributed by atoms with E-state index in [9.17, 15) is 18.0 Å². The van der Waals surface area contributed by atoms with Crippen LogP contribution in [0.5, 0.6) is 0 Å². The molecule has 0 unspecified atom stereocenters. The van der Waals surface area contributed by atoms with Crippen molar-refractivity contribution in [2.75, 3.05) is 32.5 Å². The first kappa shape index (κ1) is 25.5. The second kappa shape index (κ2) is 11.3. The molecule has 0 amide bonds. The number of alkyl halides is 3.